The van der Waals surface area contributed by atoms with E-state index in [-0.39, 0.29) is 17.1 Å². The van der Waals surface area contributed by atoms with Crippen molar-refractivity contribution in [3.8, 4) is 5.69 Å². The quantitative estimate of drug-likeness (QED) is 0.741. The second-order valence-electron chi connectivity index (χ2n) is 8.23. The number of aromatic nitrogens is 2. The van der Waals surface area contributed by atoms with Crippen LogP contribution in [0, 0.1) is 17.9 Å². The highest BCUT2D eigenvalue weighted by molar-refractivity contribution is 5.92. The summed E-state index contributed by atoms with van der Waals surface area (Å²) in [5, 5.41) is 4.94. The molecule has 0 amide bonds. The van der Waals surface area contributed by atoms with Crippen molar-refractivity contribution in [1.82, 2.24) is 9.78 Å². The minimum absolute atomic E-state index is 0.107. The van der Waals surface area contributed by atoms with Gasteiger partial charge >= 0.3 is 0 Å². The molecule has 1 unspecified atom stereocenters. The topological polar surface area (TPSA) is 39.2 Å². The summed E-state index contributed by atoms with van der Waals surface area (Å²) in [5.41, 5.74) is 2.69. The number of benzene rings is 1. The Kier molecular flexibility index (Phi) is 3.40. The van der Waals surface area contributed by atoms with Gasteiger partial charge in [-0.1, -0.05) is 39.0 Å². The maximum atomic E-state index is 12.8. The van der Waals surface area contributed by atoms with Crippen molar-refractivity contribution in [2.75, 3.05) is 0 Å². The van der Waals surface area contributed by atoms with Crippen LogP contribution in [-0.4, -0.2) is 21.6 Å². The zero-order valence-electron chi connectivity index (χ0n) is 15.0. The number of carbonyl (C=O) groups excluding carboxylic acids is 1. The molecule has 1 aromatic heterocycles. The third kappa shape index (κ3) is 2.18. The van der Waals surface area contributed by atoms with Gasteiger partial charge in [0, 0.05) is 23.4 Å². The number of nitrogens with zero attached hydrogens (tertiary/aromatic N) is 3. The number of aryl methyl sites for hydroxylation is 1. The van der Waals surface area contributed by atoms with Crippen LogP contribution in [0.25, 0.3) is 10.5 Å². The van der Waals surface area contributed by atoms with E-state index < -0.39 is 11.5 Å². The monoisotopic (exact) mass is 333 g/mol. The molecule has 2 aliphatic rings. The van der Waals surface area contributed by atoms with Crippen molar-refractivity contribution < 1.29 is 4.79 Å². The van der Waals surface area contributed by atoms with E-state index in [0.717, 1.165) is 24.2 Å². The standard InChI is InChI=1S/C21H23N3O/c1-20(2)17-11-10-14-13-24(15-8-6-5-7-9-15)23-18(14)21(17,3)12-16(22-4)19(20)25/h5-9,13,16-17H,10-12H2,1-3H3/t16?,17-,21-/m0/s1. The van der Waals surface area contributed by atoms with Crippen LogP contribution >= 0.6 is 0 Å². The largest absolute Gasteiger partial charge is 0.305 e. The lowest BCUT2D eigenvalue weighted by atomic mass is 9.50. The first-order valence-corrected chi connectivity index (χ1v) is 8.93. The fourth-order valence-corrected chi connectivity index (χ4v) is 5.17. The predicted octanol–water partition coefficient (Wildman–Crippen LogP) is 3.98. The molecule has 0 N–H and O–H groups in total. The first-order chi connectivity index (χ1) is 11.9. The van der Waals surface area contributed by atoms with E-state index in [9.17, 15) is 4.79 Å². The molecule has 1 heterocycles. The van der Waals surface area contributed by atoms with Gasteiger partial charge in [-0.3, -0.25) is 4.79 Å². The average Bonchev–Trinajstić information content (AvgIpc) is 3.05. The molecule has 25 heavy (non-hydrogen) atoms. The van der Waals surface area contributed by atoms with Gasteiger partial charge in [-0.15, -0.1) is 0 Å². The van der Waals surface area contributed by atoms with E-state index in [0.29, 0.717) is 6.42 Å². The van der Waals surface area contributed by atoms with Gasteiger partial charge in [-0.05, 0) is 36.5 Å². The Balaban J connectivity index is 1.84. The van der Waals surface area contributed by atoms with Gasteiger partial charge in [0.1, 0.15) is 0 Å². The molecule has 2 aliphatic carbocycles. The molecule has 1 fully saturated rings. The molecule has 4 heteroatoms. The van der Waals surface area contributed by atoms with Crippen molar-refractivity contribution in [2.45, 2.75) is 51.5 Å². The van der Waals surface area contributed by atoms with Gasteiger partial charge < -0.3 is 4.85 Å². The molecule has 0 aliphatic heterocycles. The zero-order chi connectivity index (χ0) is 17.8. The number of carbonyl (C=O) groups is 1. The van der Waals surface area contributed by atoms with Crippen LogP contribution in [0.5, 0.6) is 0 Å². The van der Waals surface area contributed by atoms with Crippen molar-refractivity contribution in [1.29, 1.82) is 0 Å². The van der Waals surface area contributed by atoms with E-state index in [2.05, 4.69) is 30.1 Å². The van der Waals surface area contributed by atoms with Gasteiger partial charge in [0.05, 0.1) is 11.4 Å². The summed E-state index contributed by atoms with van der Waals surface area (Å²) in [6, 6.07) is 9.57. The van der Waals surface area contributed by atoms with E-state index in [1.807, 2.05) is 36.7 Å². The number of rotatable bonds is 1. The Morgan fingerprint density at radius 3 is 2.64 bits per heavy atom. The van der Waals surface area contributed by atoms with Gasteiger partial charge in [0.25, 0.3) is 6.04 Å². The fourth-order valence-electron chi connectivity index (χ4n) is 5.17. The molecular weight excluding hydrogens is 310 g/mol. The number of hydrogen-bond acceptors (Lipinski definition) is 2. The molecule has 4 nitrogen and oxygen atoms in total. The van der Waals surface area contributed by atoms with Crippen LogP contribution in [0.1, 0.15) is 44.9 Å². The van der Waals surface area contributed by atoms with Crippen molar-refractivity contribution in [3.63, 3.8) is 0 Å². The van der Waals surface area contributed by atoms with Crippen molar-refractivity contribution >= 4 is 5.78 Å². The highest BCUT2D eigenvalue weighted by atomic mass is 16.1. The van der Waals surface area contributed by atoms with E-state index in [4.69, 9.17) is 11.7 Å². The molecule has 128 valence electrons. The number of Topliss-reactive ketones (excluding diaryl/α,β-unsaturated/α-hetero) is 1. The van der Waals surface area contributed by atoms with Crippen molar-refractivity contribution in [2.24, 2.45) is 11.3 Å². The number of ketones is 1. The second kappa shape index (κ2) is 5.29. The molecule has 1 saturated carbocycles. The van der Waals surface area contributed by atoms with Gasteiger partial charge in [-0.2, -0.15) is 5.10 Å². The molecule has 2 aromatic rings. The Morgan fingerprint density at radius 2 is 1.96 bits per heavy atom. The zero-order valence-corrected chi connectivity index (χ0v) is 15.0. The lowest BCUT2D eigenvalue weighted by Crippen LogP contribution is -2.56. The maximum Gasteiger partial charge on any atom is 0.282 e. The van der Waals surface area contributed by atoms with Crippen LogP contribution in [0.2, 0.25) is 0 Å². The second-order valence-corrected chi connectivity index (χ2v) is 8.23. The van der Waals surface area contributed by atoms with Gasteiger partial charge in [-0.25, -0.2) is 11.3 Å². The summed E-state index contributed by atoms with van der Waals surface area (Å²) in [6.07, 6.45) is 4.64. The molecule has 0 spiro atoms. The normalized spacial score (nSPS) is 30.2. The van der Waals surface area contributed by atoms with E-state index in [1.165, 1.54) is 5.56 Å². The maximum absolute atomic E-state index is 12.8. The van der Waals surface area contributed by atoms with Crippen LogP contribution in [0.3, 0.4) is 0 Å². The molecular formula is C21H23N3O. The van der Waals surface area contributed by atoms with Crippen LogP contribution in [-0.2, 0) is 16.6 Å². The lowest BCUT2D eigenvalue weighted by Gasteiger charge is -2.51. The Bertz CT molecular complexity index is 874. The Labute approximate surface area is 148 Å². The number of hydrogen-bond donors (Lipinski definition) is 0. The minimum atomic E-state index is -0.552. The Morgan fingerprint density at radius 1 is 1.24 bits per heavy atom. The first kappa shape index (κ1) is 16.1. The third-order valence-corrected chi connectivity index (χ3v) is 6.41. The van der Waals surface area contributed by atoms with E-state index in [1.54, 1.807) is 0 Å². The summed E-state index contributed by atoms with van der Waals surface area (Å²) in [4.78, 5) is 16.4. The fraction of sp³-hybridized carbons (Fsp3) is 0.476. The highest BCUT2D eigenvalue weighted by Gasteiger charge is 2.60. The molecule has 0 bridgehead atoms. The third-order valence-electron chi connectivity index (χ3n) is 6.41. The number of fused-ring (bicyclic) bond motifs is 3. The average molecular weight is 333 g/mol. The van der Waals surface area contributed by atoms with E-state index >= 15 is 0 Å². The predicted molar refractivity (Wildman–Crippen MR) is 96.5 cm³/mol. The number of para-hydroxylation sites is 1. The molecule has 3 atom stereocenters. The van der Waals surface area contributed by atoms with Crippen molar-refractivity contribution in [3.05, 3.63) is 59.2 Å². The van der Waals surface area contributed by atoms with Gasteiger partial charge in [0.2, 0.25) is 5.78 Å². The Hall–Kier alpha value is -2.41. The van der Waals surface area contributed by atoms with Crippen LogP contribution in [0.4, 0.5) is 0 Å². The summed E-state index contributed by atoms with van der Waals surface area (Å²) in [5.74, 6) is 0.341. The first-order valence-electron chi connectivity index (χ1n) is 8.93. The molecule has 0 radical (unpaired) electrons. The molecule has 4 rings (SSSR count). The van der Waals surface area contributed by atoms with Gasteiger partial charge in [0.15, 0.2) is 0 Å². The molecule has 1 aromatic carbocycles. The van der Waals surface area contributed by atoms with Crippen LogP contribution < -0.4 is 0 Å². The van der Waals surface area contributed by atoms with Crippen LogP contribution in [0.15, 0.2) is 36.5 Å². The minimum Gasteiger partial charge on any atom is -0.305 e. The lowest BCUT2D eigenvalue weighted by molar-refractivity contribution is -0.137. The highest BCUT2D eigenvalue weighted by Crippen LogP contribution is 2.55. The SMILES string of the molecule is [C-]#[N+]C1C[C@]2(C)c3nn(-c4ccccc4)cc3CC[C@H]2C(C)(C)C1=O. The smallest absolute Gasteiger partial charge is 0.282 e. The summed E-state index contributed by atoms with van der Waals surface area (Å²) < 4.78 is 1.95. The summed E-state index contributed by atoms with van der Waals surface area (Å²) in [7, 11) is 0. The molecule has 0 saturated heterocycles. The summed E-state index contributed by atoms with van der Waals surface area (Å²) >= 11 is 0. The summed E-state index contributed by atoms with van der Waals surface area (Å²) in [6.45, 7) is 13.8.